The number of methoxy groups -OCH3 is 1. The molecule has 108 valence electrons. The summed E-state index contributed by atoms with van der Waals surface area (Å²) in [5.41, 5.74) is 4.12. The first-order valence-electron chi connectivity index (χ1n) is 6.96. The van der Waals surface area contributed by atoms with E-state index < -0.39 is 0 Å². The SMILES string of the molecule is COc1ccc(-c2ccc3[nH]c4nccc(Cl)c4c3c2)cc1. The van der Waals surface area contributed by atoms with E-state index in [0.29, 0.717) is 5.02 Å². The van der Waals surface area contributed by atoms with Crippen molar-refractivity contribution >= 4 is 33.5 Å². The zero-order valence-corrected chi connectivity index (χ0v) is 12.7. The van der Waals surface area contributed by atoms with Gasteiger partial charge in [-0.15, -0.1) is 0 Å². The first-order chi connectivity index (χ1) is 10.8. The number of nitrogens with one attached hydrogen (secondary N) is 1. The standard InChI is InChI=1S/C18H13ClN2O/c1-22-13-5-2-11(3-6-13)12-4-7-16-14(10-12)17-15(19)8-9-20-18(17)21-16/h2-10H,1H3,(H,20,21). The molecular formula is C18H13ClN2O. The van der Waals surface area contributed by atoms with Crippen molar-refractivity contribution in [2.45, 2.75) is 0 Å². The predicted molar refractivity (Wildman–Crippen MR) is 90.6 cm³/mol. The van der Waals surface area contributed by atoms with Gasteiger partial charge >= 0.3 is 0 Å². The minimum absolute atomic E-state index is 0.711. The number of aromatic nitrogens is 2. The zero-order chi connectivity index (χ0) is 15.1. The van der Waals surface area contributed by atoms with Crippen molar-refractivity contribution in [1.29, 1.82) is 0 Å². The van der Waals surface area contributed by atoms with E-state index in [2.05, 4.69) is 40.3 Å². The van der Waals surface area contributed by atoms with Gasteiger partial charge in [-0.1, -0.05) is 29.8 Å². The highest BCUT2D eigenvalue weighted by Crippen LogP contribution is 2.33. The van der Waals surface area contributed by atoms with Crippen LogP contribution < -0.4 is 4.74 Å². The maximum absolute atomic E-state index is 6.34. The van der Waals surface area contributed by atoms with E-state index in [-0.39, 0.29) is 0 Å². The summed E-state index contributed by atoms with van der Waals surface area (Å²) in [6.45, 7) is 0. The Bertz CT molecular complexity index is 974. The third-order valence-electron chi connectivity index (χ3n) is 3.87. The van der Waals surface area contributed by atoms with Gasteiger partial charge in [0.2, 0.25) is 0 Å². The Morgan fingerprint density at radius 1 is 1.00 bits per heavy atom. The van der Waals surface area contributed by atoms with Crippen LogP contribution in [0.4, 0.5) is 0 Å². The summed E-state index contributed by atoms with van der Waals surface area (Å²) >= 11 is 6.34. The molecule has 0 fully saturated rings. The van der Waals surface area contributed by atoms with Crippen molar-refractivity contribution in [1.82, 2.24) is 9.97 Å². The van der Waals surface area contributed by atoms with Gasteiger partial charge in [0.1, 0.15) is 11.4 Å². The quantitative estimate of drug-likeness (QED) is 0.563. The molecular weight excluding hydrogens is 296 g/mol. The number of hydrogen-bond acceptors (Lipinski definition) is 2. The predicted octanol–water partition coefficient (Wildman–Crippen LogP) is 5.05. The van der Waals surface area contributed by atoms with E-state index in [1.165, 1.54) is 0 Å². The minimum Gasteiger partial charge on any atom is -0.497 e. The molecule has 1 N–H and O–H groups in total. The topological polar surface area (TPSA) is 37.9 Å². The Balaban J connectivity index is 1.93. The highest BCUT2D eigenvalue weighted by Gasteiger charge is 2.10. The fraction of sp³-hybridized carbons (Fsp3) is 0.0556. The Hall–Kier alpha value is -2.52. The summed E-state index contributed by atoms with van der Waals surface area (Å²) in [4.78, 5) is 7.65. The lowest BCUT2D eigenvalue weighted by molar-refractivity contribution is 0.415. The third-order valence-corrected chi connectivity index (χ3v) is 4.18. The first-order valence-corrected chi connectivity index (χ1v) is 7.34. The van der Waals surface area contributed by atoms with Gasteiger partial charge in [0.05, 0.1) is 12.1 Å². The van der Waals surface area contributed by atoms with Crippen LogP contribution in [-0.2, 0) is 0 Å². The minimum atomic E-state index is 0.711. The lowest BCUT2D eigenvalue weighted by Gasteiger charge is -2.04. The van der Waals surface area contributed by atoms with Crippen LogP contribution in [0.2, 0.25) is 5.02 Å². The van der Waals surface area contributed by atoms with Crippen LogP contribution in [0.25, 0.3) is 33.1 Å². The van der Waals surface area contributed by atoms with E-state index >= 15 is 0 Å². The Kier molecular flexibility index (Phi) is 3.01. The average Bonchev–Trinajstić information content (AvgIpc) is 2.94. The van der Waals surface area contributed by atoms with Crippen LogP contribution in [0.3, 0.4) is 0 Å². The first kappa shape index (κ1) is 13.2. The van der Waals surface area contributed by atoms with Gasteiger partial charge in [0.25, 0.3) is 0 Å². The summed E-state index contributed by atoms with van der Waals surface area (Å²) in [7, 11) is 1.67. The molecule has 0 bridgehead atoms. The van der Waals surface area contributed by atoms with Crippen LogP contribution >= 0.6 is 11.6 Å². The highest BCUT2D eigenvalue weighted by molar-refractivity contribution is 6.37. The van der Waals surface area contributed by atoms with Gasteiger partial charge < -0.3 is 9.72 Å². The van der Waals surface area contributed by atoms with Gasteiger partial charge in [-0.2, -0.15) is 0 Å². The number of fused-ring (bicyclic) bond motifs is 3. The summed E-state index contributed by atoms with van der Waals surface area (Å²) in [6, 6.07) is 16.1. The summed E-state index contributed by atoms with van der Waals surface area (Å²) in [5, 5.41) is 2.76. The number of benzene rings is 2. The number of rotatable bonds is 2. The van der Waals surface area contributed by atoms with Gasteiger partial charge in [-0.3, -0.25) is 0 Å². The molecule has 0 aliphatic heterocycles. The van der Waals surface area contributed by atoms with Crippen molar-refractivity contribution in [3.05, 3.63) is 59.8 Å². The number of aromatic amines is 1. The van der Waals surface area contributed by atoms with Gasteiger partial charge in [0.15, 0.2) is 0 Å². The van der Waals surface area contributed by atoms with Crippen molar-refractivity contribution in [2.75, 3.05) is 7.11 Å². The number of H-pyrrole nitrogens is 1. The Labute approximate surface area is 132 Å². The van der Waals surface area contributed by atoms with Gasteiger partial charge in [-0.25, -0.2) is 4.98 Å². The molecule has 0 saturated carbocycles. The number of halogens is 1. The zero-order valence-electron chi connectivity index (χ0n) is 11.9. The number of pyridine rings is 1. The second kappa shape index (κ2) is 5.04. The molecule has 0 radical (unpaired) electrons. The summed E-state index contributed by atoms with van der Waals surface area (Å²) < 4.78 is 5.21. The molecule has 0 aliphatic rings. The van der Waals surface area contributed by atoms with Crippen LogP contribution in [0, 0.1) is 0 Å². The monoisotopic (exact) mass is 308 g/mol. The lowest BCUT2D eigenvalue weighted by Crippen LogP contribution is -1.82. The molecule has 0 saturated heterocycles. The van der Waals surface area contributed by atoms with Crippen LogP contribution in [-0.4, -0.2) is 17.1 Å². The molecule has 2 heterocycles. The molecule has 0 amide bonds. The normalized spacial score (nSPS) is 11.2. The van der Waals surface area contributed by atoms with Crippen LogP contribution in [0.15, 0.2) is 54.7 Å². The second-order valence-corrected chi connectivity index (χ2v) is 5.54. The second-order valence-electron chi connectivity index (χ2n) is 5.13. The van der Waals surface area contributed by atoms with E-state index in [0.717, 1.165) is 38.8 Å². The lowest BCUT2D eigenvalue weighted by atomic mass is 10.0. The van der Waals surface area contributed by atoms with E-state index in [4.69, 9.17) is 16.3 Å². The number of hydrogen-bond donors (Lipinski definition) is 1. The molecule has 0 unspecified atom stereocenters. The van der Waals surface area contributed by atoms with E-state index in [9.17, 15) is 0 Å². The third kappa shape index (κ3) is 2.02. The largest absolute Gasteiger partial charge is 0.497 e. The molecule has 0 aliphatic carbocycles. The molecule has 2 aromatic carbocycles. The molecule has 4 rings (SSSR count). The Morgan fingerprint density at radius 3 is 2.55 bits per heavy atom. The average molecular weight is 309 g/mol. The number of ether oxygens (including phenoxy) is 1. The maximum Gasteiger partial charge on any atom is 0.139 e. The van der Waals surface area contributed by atoms with Crippen molar-refractivity contribution in [3.8, 4) is 16.9 Å². The molecule has 22 heavy (non-hydrogen) atoms. The van der Waals surface area contributed by atoms with Crippen molar-refractivity contribution in [2.24, 2.45) is 0 Å². The van der Waals surface area contributed by atoms with Gasteiger partial charge in [-0.05, 0) is 41.5 Å². The smallest absolute Gasteiger partial charge is 0.139 e. The molecule has 0 atom stereocenters. The molecule has 4 aromatic rings. The number of nitrogens with zero attached hydrogens (tertiary/aromatic N) is 1. The van der Waals surface area contributed by atoms with E-state index in [1.54, 1.807) is 13.3 Å². The van der Waals surface area contributed by atoms with Crippen LogP contribution in [0.5, 0.6) is 5.75 Å². The molecule has 4 heteroatoms. The molecule has 2 aromatic heterocycles. The van der Waals surface area contributed by atoms with E-state index in [1.807, 2.05) is 18.2 Å². The highest BCUT2D eigenvalue weighted by atomic mass is 35.5. The van der Waals surface area contributed by atoms with Crippen molar-refractivity contribution < 1.29 is 4.74 Å². The van der Waals surface area contributed by atoms with Crippen LogP contribution in [0.1, 0.15) is 0 Å². The molecule has 3 nitrogen and oxygen atoms in total. The molecule has 0 spiro atoms. The van der Waals surface area contributed by atoms with Crippen molar-refractivity contribution in [3.63, 3.8) is 0 Å². The summed E-state index contributed by atoms with van der Waals surface area (Å²) in [5.74, 6) is 0.851. The Morgan fingerprint density at radius 2 is 1.77 bits per heavy atom. The maximum atomic E-state index is 6.34. The fourth-order valence-corrected chi connectivity index (χ4v) is 2.99. The summed E-state index contributed by atoms with van der Waals surface area (Å²) in [6.07, 6.45) is 1.71. The fourth-order valence-electron chi connectivity index (χ4n) is 2.74. The van der Waals surface area contributed by atoms with Gasteiger partial charge in [0, 0.05) is 22.5 Å².